The van der Waals surface area contributed by atoms with Crippen molar-refractivity contribution in [3.05, 3.63) is 35.6 Å². The summed E-state index contributed by atoms with van der Waals surface area (Å²) in [6.45, 7) is 0. The van der Waals surface area contributed by atoms with E-state index in [1.54, 1.807) is 25.5 Å². The Morgan fingerprint density at radius 2 is 1.81 bits per heavy atom. The molecule has 0 aliphatic heterocycles. The Morgan fingerprint density at radius 3 is 2.31 bits per heavy atom. The van der Waals surface area contributed by atoms with Crippen LogP contribution < -0.4 is 4.74 Å². The van der Waals surface area contributed by atoms with Crippen LogP contribution in [0.3, 0.4) is 0 Å². The normalized spacial score (nSPS) is 11.4. The van der Waals surface area contributed by atoms with Crippen LogP contribution in [-0.4, -0.2) is 27.6 Å². The number of para-hydroxylation sites is 1. The fourth-order valence-electron chi connectivity index (χ4n) is 1.34. The molecule has 4 heteroatoms. The number of ether oxygens (including phenoxy) is 3. The van der Waals surface area contributed by atoms with Gasteiger partial charge in [-0.3, -0.25) is 4.79 Å². The lowest BCUT2D eigenvalue weighted by Gasteiger charge is -2.12. The van der Waals surface area contributed by atoms with E-state index in [0.717, 1.165) is 0 Å². The Morgan fingerprint density at radius 1 is 1.12 bits per heavy atom. The second-order valence-corrected chi connectivity index (χ2v) is 2.87. The summed E-state index contributed by atoms with van der Waals surface area (Å²) in [5.41, 5.74) is 0.646. The highest BCUT2D eigenvalue weighted by atomic mass is 16.5. The zero-order valence-electron chi connectivity index (χ0n) is 9.44. The Bertz CT molecular complexity index is 396. The molecule has 0 heterocycles. The molecule has 0 saturated carbocycles. The SMILES string of the molecule is COC([C]=O)=C(OC)c1ccccc1OC. The largest absolute Gasteiger partial charge is 0.496 e. The van der Waals surface area contributed by atoms with Gasteiger partial charge in [-0.1, -0.05) is 12.1 Å². The van der Waals surface area contributed by atoms with Crippen molar-refractivity contribution in [2.24, 2.45) is 0 Å². The fourth-order valence-corrected chi connectivity index (χ4v) is 1.34. The van der Waals surface area contributed by atoms with Gasteiger partial charge < -0.3 is 14.2 Å². The fraction of sp³-hybridized carbons (Fsp3) is 0.250. The summed E-state index contributed by atoms with van der Waals surface area (Å²) >= 11 is 0. The zero-order valence-corrected chi connectivity index (χ0v) is 9.44. The molecule has 0 spiro atoms. The van der Waals surface area contributed by atoms with Crippen LogP contribution in [0.25, 0.3) is 5.76 Å². The highest BCUT2D eigenvalue weighted by molar-refractivity contribution is 5.85. The monoisotopic (exact) mass is 221 g/mol. The van der Waals surface area contributed by atoms with Gasteiger partial charge in [-0.2, -0.15) is 0 Å². The molecule has 0 atom stereocenters. The highest BCUT2D eigenvalue weighted by Gasteiger charge is 2.15. The summed E-state index contributed by atoms with van der Waals surface area (Å²) in [4.78, 5) is 10.7. The number of carbonyl (C=O) groups excluding carboxylic acids is 1. The number of rotatable bonds is 5. The molecule has 4 nitrogen and oxygen atoms in total. The predicted octanol–water partition coefficient (Wildman–Crippen LogP) is 1.77. The van der Waals surface area contributed by atoms with Gasteiger partial charge in [0.15, 0.2) is 5.76 Å². The minimum absolute atomic E-state index is 0.00648. The molecule has 0 aliphatic rings. The lowest BCUT2D eigenvalue weighted by atomic mass is 10.1. The highest BCUT2D eigenvalue weighted by Crippen LogP contribution is 2.28. The first-order chi connectivity index (χ1) is 7.78. The van der Waals surface area contributed by atoms with E-state index in [2.05, 4.69) is 0 Å². The van der Waals surface area contributed by atoms with E-state index in [1.807, 2.05) is 12.1 Å². The van der Waals surface area contributed by atoms with Crippen LogP contribution in [-0.2, 0) is 14.3 Å². The Kier molecular flexibility index (Phi) is 4.39. The second kappa shape index (κ2) is 5.80. The number of hydrogen-bond donors (Lipinski definition) is 0. The van der Waals surface area contributed by atoms with Gasteiger partial charge in [0.1, 0.15) is 5.75 Å². The lowest BCUT2D eigenvalue weighted by molar-refractivity contribution is 0.281. The number of methoxy groups -OCH3 is 3. The van der Waals surface area contributed by atoms with Crippen molar-refractivity contribution >= 4 is 12.0 Å². The van der Waals surface area contributed by atoms with Gasteiger partial charge >= 0.3 is 0 Å². The van der Waals surface area contributed by atoms with Crippen molar-refractivity contribution < 1.29 is 19.0 Å². The first-order valence-electron chi connectivity index (χ1n) is 4.62. The van der Waals surface area contributed by atoms with Gasteiger partial charge in [0, 0.05) is 0 Å². The molecule has 0 amide bonds. The molecule has 0 bridgehead atoms. The molecule has 16 heavy (non-hydrogen) atoms. The number of hydrogen-bond acceptors (Lipinski definition) is 4. The van der Waals surface area contributed by atoms with Gasteiger partial charge in [-0.05, 0) is 12.1 Å². The van der Waals surface area contributed by atoms with Gasteiger partial charge in [0.25, 0.3) is 6.29 Å². The van der Waals surface area contributed by atoms with Crippen molar-refractivity contribution in [3.63, 3.8) is 0 Å². The number of allylic oxidation sites excluding steroid dienone is 1. The first kappa shape index (κ1) is 12.1. The predicted molar refractivity (Wildman–Crippen MR) is 59.6 cm³/mol. The summed E-state index contributed by atoms with van der Waals surface area (Å²) in [5, 5.41) is 0. The summed E-state index contributed by atoms with van der Waals surface area (Å²) in [6.07, 6.45) is 1.68. The first-order valence-corrected chi connectivity index (χ1v) is 4.62. The van der Waals surface area contributed by atoms with Crippen molar-refractivity contribution in [1.82, 2.24) is 0 Å². The maximum Gasteiger partial charge on any atom is 0.275 e. The van der Waals surface area contributed by atoms with Crippen molar-refractivity contribution in [1.29, 1.82) is 0 Å². The minimum Gasteiger partial charge on any atom is -0.496 e. The molecule has 0 saturated heterocycles. The second-order valence-electron chi connectivity index (χ2n) is 2.87. The van der Waals surface area contributed by atoms with Gasteiger partial charge in [-0.25, -0.2) is 0 Å². The average Bonchev–Trinajstić information content (AvgIpc) is 2.35. The molecular formula is C12H13O4. The molecule has 85 valence electrons. The lowest BCUT2D eigenvalue weighted by Crippen LogP contribution is -2.00. The molecule has 0 fully saturated rings. The molecule has 1 radical (unpaired) electrons. The van der Waals surface area contributed by atoms with E-state index in [4.69, 9.17) is 14.2 Å². The summed E-state index contributed by atoms with van der Waals surface area (Å²) < 4.78 is 15.2. The summed E-state index contributed by atoms with van der Waals surface area (Å²) in [7, 11) is 4.38. The van der Waals surface area contributed by atoms with Crippen LogP contribution in [0.4, 0.5) is 0 Å². The maximum absolute atomic E-state index is 10.7. The third-order valence-electron chi connectivity index (χ3n) is 2.06. The van der Waals surface area contributed by atoms with Crippen molar-refractivity contribution in [2.75, 3.05) is 21.3 Å². The van der Waals surface area contributed by atoms with Gasteiger partial charge in [0.05, 0.1) is 26.9 Å². The molecule has 1 rings (SSSR count). The van der Waals surface area contributed by atoms with Crippen LogP contribution in [0, 0.1) is 0 Å². The van der Waals surface area contributed by atoms with E-state index in [9.17, 15) is 4.79 Å². The molecule has 0 aliphatic carbocycles. The Labute approximate surface area is 94.4 Å². The summed E-state index contributed by atoms with van der Waals surface area (Å²) in [5.74, 6) is 0.908. The smallest absolute Gasteiger partial charge is 0.275 e. The van der Waals surface area contributed by atoms with E-state index in [-0.39, 0.29) is 5.76 Å². The Hall–Kier alpha value is -1.97. The topological polar surface area (TPSA) is 44.8 Å². The van der Waals surface area contributed by atoms with Crippen molar-refractivity contribution in [2.45, 2.75) is 0 Å². The Balaban J connectivity index is 3.33. The average molecular weight is 221 g/mol. The standard InChI is InChI=1S/C12H13O4/c1-14-10-7-5-4-6-9(10)12(16-3)11(8-13)15-2/h4-7H,1-3H3. The molecule has 0 aromatic heterocycles. The van der Waals surface area contributed by atoms with Crippen molar-refractivity contribution in [3.8, 4) is 5.75 Å². The molecule has 0 N–H and O–H groups in total. The summed E-state index contributed by atoms with van der Waals surface area (Å²) in [6, 6.07) is 7.18. The molecule has 0 unspecified atom stereocenters. The minimum atomic E-state index is 0.00648. The third kappa shape index (κ3) is 2.34. The van der Waals surface area contributed by atoms with Gasteiger partial charge in [0.2, 0.25) is 5.76 Å². The molecule has 1 aromatic rings. The van der Waals surface area contributed by atoms with E-state index in [1.165, 1.54) is 14.2 Å². The third-order valence-corrected chi connectivity index (χ3v) is 2.06. The molecule has 1 aromatic carbocycles. The van der Waals surface area contributed by atoms with E-state index >= 15 is 0 Å². The van der Waals surface area contributed by atoms with Crippen LogP contribution in [0.1, 0.15) is 5.56 Å². The van der Waals surface area contributed by atoms with Crippen LogP contribution in [0.15, 0.2) is 30.0 Å². The maximum atomic E-state index is 10.7. The number of benzene rings is 1. The zero-order chi connectivity index (χ0) is 12.0. The van der Waals surface area contributed by atoms with Crippen LogP contribution in [0.5, 0.6) is 5.75 Å². The molecular weight excluding hydrogens is 208 g/mol. The van der Waals surface area contributed by atoms with Gasteiger partial charge in [-0.15, -0.1) is 0 Å². The van der Waals surface area contributed by atoms with Crippen LogP contribution >= 0.6 is 0 Å². The van der Waals surface area contributed by atoms with E-state index in [0.29, 0.717) is 17.1 Å². The quantitative estimate of drug-likeness (QED) is 0.561. The van der Waals surface area contributed by atoms with Crippen LogP contribution in [0.2, 0.25) is 0 Å². The van der Waals surface area contributed by atoms with E-state index < -0.39 is 0 Å².